The Balaban J connectivity index is 1.97. The summed E-state index contributed by atoms with van der Waals surface area (Å²) in [5.74, 6) is 1.54. The number of hydrogen-bond donors (Lipinski definition) is 1. The highest BCUT2D eigenvalue weighted by Crippen LogP contribution is 2.34. The lowest BCUT2D eigenvalue weighted by atomic mass is 10.1. The third kappa shape index (κ3) is 3.98. The maximum Gasteiger partial charge on any atom is 0.260 e. The number of methoxy groups -OCH3 is 2. The summed E-state index contributed by atoms with van der Waals surface area (Å²) in [7, 11) is 3.14. The van der Waals surface area contributed by atoms with Crippen LogP contribution in [-0.4, -0.2) is 36.4 Å². The molecule has 1 aromatic carbocycles. The molecule has 1 amide bonds. The summed E-state index contributed by atoms with van der Waals surface area (Å²) in [6, 6.07) is 7.50. The Hall–Kier alpha value is -2.58. The predicted octanol–water partition coefficient (Wildman–Crippen LogP) is 4.81. The Morgan fingerprint density at radius 1 is 1.14 bits per heavy atom. The van der Waals surface area contributed by atoms with Crippen LogP contribution in [0.3, 0.4) is 0 Å². The molecule has 0 aliphatic carbocycles. The molecule has 28 heavy (non-hydrogen) atoms. The van der Waals surface area contributed by atoms with Gasteiger partial charge in [0.25, 0.3) is 5.91 Å². The van der Waals surface area contributed by atoms with Crippen molar-refractivity contribution < 1.29 is 14.3 Å². The molecule has 146 valence electrons. The van der Waals surface area contributed by atoms with Crippen molar-refractivity contribution in [1.29, 1.82) is 0 Å². The first-order valence-electron chi connectivity index (χ1n) is 8.49. The molecule has 6 nitrogen and oxygen atoms in total. The van der Waals surface area contributed by atoms with Gasteiger partial charge in [0, 0.05) is 11.8 Å². The van der Waals surface area contributed by atoms with Gasteiger partial charge < -0.3 is 14.8 Å². The number of hydrogen-bond acceptors (Lipinski definition) is 7. The zero-order chi connectivity index (χ0) is 20.3. The summed E-state index contributed by atoms with van der Waals surface area (Å²) in [5, 5.41) is 5.58. The fraction of sp³-hybridized carbons (Fsp3) is 0.250. The van der Waals surface area contributed by atoms with Gasteiger partial charge in [-0.2, -0.15) is 0 Å². The third-order valence-electron chi connectivity index (χ3n) is 4.20. The van der Waals surface area contributed by atoms with Crippen LogP contribution in [0.1, 0.15) is 21.6 Å². The van der Waals surface area contributed by atoms with Gasteiger partial charge in [-0.15, -0.1) is 23.1 Å². The minimum absolute atomic E-state index is 0.255. The number of thioether (sulfide) groups is 1. The number of rotatable bonds is 6. The second kappa shape index (κ2) is 8.62. The molecule has 0 saturated heterocycles. The summed E-state index contributed by atoms with van der Waals surface area (Å²) in [5.41, 5.74) is 2.63. The Labute approximate surface area is 172 Å². The summed E-state index contributed by atoms with van der Waals surface area (Å²) in [4.78, 5) is 23.2. The lowest BCUT2D eigenvalue weighted by Gasteiger charge is -2.15. The zero-order valence-corrected chi connectivity index (χ0v) is 18.0. The van der Waals surface area contributed by atoms with Crippen LogP contribution in [0.5, 0.6) is 11.5 Å². The van der Waals surface area contributed by atoms with Crippen molar-refractivity contribution in [2.45, 2.75) is 18.9 Å². The van der Waals surface area contributed by atoms with Gasteiger partial charge in [0.05, 0.1) is 30.4 Å². The number of nitrogens with one attached hydrogen (secondary N) is 1. The maximum atomic E-state index is 13.0. The van der Waals surface area contributed by atoms with Crippen LogP contribution in [0.25, 0.3) is 10.7 Å². The molecule has 0 aliphatic rings. The number of anilines is 1. The highest BCUT2D eigenvalue weighted by atomic mass is 32.2. The number of carbonyl (C=O) groups is 1. The number of nitrogens with zero attached hydrogens (tertiary/aromatic N) is 2. The molecule has 0 radical (unpaired) electrons. The predicted molar refractivity (Wildman–Crippen MR) is 114 cm³/mol. The monoisotopic (exact) mass is 415 g/mol. The van der Waals surface area contributed by atoms with E-state index in [0.29, 0.717) is 39.3 Å². The van der Waals surface area contributed by atoms with Crippen molar-refractivity contribution in [2.75, 3.05) is 25.8 Å². The number of thiophene rings is 1. The smallest absolute Gasteiger partial charge is 0.260 e. The lowest BCUT2D eigenvalue weighted by Crippen LogP contribution is -2.17. The largest absolute Gasteiger partial charge is 0.493 e. The van der Waals surface area contributed by atoms with Crippen LogP contribution in [0.2, 0.25) is 0 Å². The fourth-order valence-electron chi connectivity index (χ4n) is 2.77. The van der Waals surface area contributed by atoms with Crippen LogP contribution in [0.15, 0.2) is 34.7 Å². The molecule has 2 heterocycles. The fourth-order valence-corrected chi connectivity index (χ4v) is 4.05. The molecular formula is C20H21N3O3S2. The second-order valence-corrected chi connectivity index (χ2v) is 7.71. The summed E-state index contributed by atoms with van der Waals surface area (Å²) in [6.45, 7) is 3.73. The van der Waals surface area contributed by atoms with Crippen molar-refractivity contribution >= 4 is 34.7 Å². The van der Waals surface area contributed by atoms with Crippen LogP contribution in [0.4, 0.5) is 5.69 Å². The molecule has 0 unspecified atom stereocenters. The molecule has 0 spiro atoms. The van der Waals surface area contributed by atoms with E-state index in [1.165, 1.54) is 11.8 Å². The van der Waals surface area contributed by atoms with Gasteiger partial charge in [-0.1, -0.05) is 6.07 Å². The van der Waals surface area contributed by atoms with E-state index in [1.807, 2.05) is 43.7 Å². The van der Waals surface area contributed by atoms with E-state index in [1.54, 1.807) is 31.6 Å². The van der Waals surface area contributed by atoms with Crippen LogP contribution >= 0.6 is 23.1 Å². The van der Waals surface area contributed by atoms with E-state index in [9.17, 15) is 4.79 Å². The standard InChI is InChI=1S/C20H21N3O3S2/c1-11-9-14(25-3)15(26-4)10-13(11)22-19(24)17-12(2)21-18(23-20(17)27-5)16-7-6-8-28-16/h6-10H,1-5H3,(H,22,24). The molecule has 3 rings (SSSR count). The minimum Gasteiger partial charge on any atom is -0.493 e. The highest BCUT2D eigenvalue weighted by Gasteiger charge is 2.20. The summed E-state index contributed by atoms with van der Waals surface area (Å²) in [6.07, 6.45) is 1.90. The Morgan fingerprint density at radius 2 is 1.86 bits per heavy atom. The van der Waals surface area contributed by atoms with Gasteiger partial charge >= 0.3 is 0 Å². The van der Waals surface area contributed by atoms with Gasteiger partial charge in [-0.25, -0.2) is 9.97 Å². The van der Waals surface area contributed by atoms with E-state index in [2.05, 4.69) is 15.3 Å². The Morgan fingerprint density at radius 3 is 2.46 bits per heavy atom. The maximum absolute atomic E-state index is 13.0. The van der Waals surface area contributed by atoms with E-state index in [4.69, 9.17) is 9.47 Å². The van der Waals surface area contributed by atoms with Gasteiger partial charge in [-0.05, 0) is 43.2 Å². The number of benzene rings is 1. The quantitative estimate of drug-likeness (QED) is 0.460. The first-order chi connectivity index (χ1) is 13.5. The van der Waals surface area contributed by atoms with E-state index < -0.39 is 0 Å². The first-order valence-corrected chi connectivity index (χ1v) is 10.6. The van der Waals surface area contributed by atoms with Crippen molar-refractivity contribution in [2.24, 2.45) is 0 Å². The Kier molecular flexibility index (Phi) is 6.21. The van der Waals surface area contributed by atoms with E-state index >= 15 is 0 Å². The van der Waals surface area contributed by atoms with Crippen molar-refractivity contribution in [1.82, 2.24) is 9.97 Å². The molecule has 0 aliphatic heterocycles. The number of aryl methyl sites for hydroxylation is 2. The Bertz CT molecular complexity index is 1000. The zero-order valence-electron chi connectivity index (χ0n) is 16.3. The normalized spacial score (nSPS) is 10.6. The minimum atomic E-state index is -0.255. The van der Waals surface area contributed by atoms with Gasteiger partial charge in [0.15, 0.2) is 17.3 Å². The van der Waals surface area contributed by atoms with Crippen molar-refractivity contribution in [3.8, 4) is 22.2 Å². The third-order valence-corrected chi connectivity index (χ3v) is 5.75. The summed E-state index contributed by atoms with van der Waals surface area (Å²) < 4.78 is 10.6. The SMILES string of the molecule is COc1cc(C)c(NC(=O)c2c(C)nc(-c3cccs3)nc2SC)cc1OC. The van der Waals surface area contributed by atoms with Crippen molar-refractivity contribution in [3.63, 3.8) is 0 Å². The number of ether oxygens (including phenoxy) is 2. The second-order valence-electron chi connectivity index (χ2n) is 5.97. The number of amides is 1. The van der Waals surface area contributed by atoms with E-state index in [0.717, 1.165) is 10.4 Å². The van der Waals surface area contributed by atoms with Crippen LogP contribution in [0, 0.1) is 13.8 Å². The molecule has 1 N–H and O–H groups in total. The molecular weight excluding hydrogens is 394 g/mol. The topological polar surface area (TPSA) is 73.3 Å². The molecule has 0 atom stereocenters. The van der Waals surface area contributed by atoms with Gasteiger partial charge in [0.2, 0.25) is 0 Å². The van der Waals surface area contributed by atoms with Crippen LogP contribution in [-0.2, 0) is 0 Å². The molecule has 2 aromatic heterocycles. The van der Waals surface area contributed by atoms with Crippen LogP contribution < -0.4 is 14.8 Å². The van der Waals surface area contributed by atoms with Crippen molar-refractivity contribution in [3.05, 3.63) is 46.5 Å². The van der Waals surface area contributed by atoms with E-state index in [-0.39, 0.29) is 5.91 Å². The average molecular weight is 416 g/mol. The summed E-state index contributed by atoms with van der Waals surface area (Å²) >= 11 is 3.00. The molecule has 8 heteroatoms. The molecule has 0 fully saturated rings. The highest BCUT2D eigenvalue weighted by molar-refractivity contribution is 7.98. The first kappa shape index (κ1) is 20.2. The van der Waals surface area contributed by atoms with Gasteiger partial charge in [0.1, 0.15) is 5.03 Å². The molecule has 3 aromatic rings. The average Bonchev–Trinajstić information content (AvgIpc) is 3.23. The number of carbonyl (C=O) groups excluding carboxylic acids is 1. The number of aromatic nitrogens is 2. The lowest BCUT2D eigenvalue weighted by molar-refractivity contribution is 0.102. The molecule has 0 bridgehead atoms. The molecule has 0 saturated carbocycles. The van der Waals surface area contributed by atoms with Gasteiger partial charge in [-0.3, -0.25) is 4.79 Å².